The van der Waals surface area contributed by atoms with Gasteiger partial charge in [0.05, 0.1) is 23.4 Å². The molecule has 0 spiro atoms. The molecule has 1 aliphatic rings. The van der Waals surface area contributed by atoms with Gasteiger partial charge in [0, 0.05) is 15.8 Å². The highest BCUT2D eigenvalue weighted by Gasteiger charge is 2.25. The number of nitrogens with one attached hydrogen (secondary N) is 1. The molecular weight excluding hydrogens is 416 g/mol. The molecule has 1 fully saturated rings. The first-order chi connectivity index (χ1) is 13.3. The van der Waals surface area contributed by atoms with E-state index in [1.165, 1.54) is 21.9 Å². The molecule has 2 aromatic carbocycles. The van der Waals surface area contributed by atoms with Gasteiger partial charge in [-0.15, -0.1) is 11.3 Å². The lowest BCUT2D eigenvalue weighted by molar-refractivity contribution is 0.0955. The number of thiophene rings is 1. The van der Waals surface area contributed by atoms with E-state index >= 15 is 0 Å². The molecule has 0 unspecified atom stereocenters. The van der Waals surface area contributed by atoms with Crippen LogP contribution in [-0.2, 0) is 16.6 Å². The average molecular weight is 435 g/mol. The van der Waals surface area contributed by atoms with Crippen molar-refractivity contribution in [3.8, 4) is 0 Å². The van der Waals surface area contributed by atoms with Crippen LogP contribution in [0, 0.1) is 0 Å². The maximum Gasteiger partial charge on any atom is 0.261 e. The van der Waals surface area contributed by atoms with Gasteiger partial charge < -0.3 is 5.32 Å². The van der Waals surface area contributed by atoms with Crippen LogP contribution in [0.15, 0.2) is 48.5 Å². The van der Waals surface area contributed by atoms with Crippen molar-refractivity contribution in [1.29, 1.82) is 0 Å². The van der Waals surface area contributed by atoms with Gasteiger partial charge in [-0.2, -0.15) is 0 Å². The van der Waals surface area contributed by atoms with E-state index in [2.05, 4.69) is 5.32 Å². The number of nitrogens with zero attached hydrogens (tertiary/aromatic N) is 1. The van der Waals surface area contributed by atoms with Crippen LogP contribution >= 0.6 is 22.9 Å². The Bertz CT molecular complexity index is 1140. The summed E-state index contributed by atoms with van der Waals surface area (Å²) in [6.07, 6.45) is 3.26. The number of sulfonamides is 1. The summed E-state index contributed by atoms with van der Waals surface area (Å²) in [6.45, 7) is 0.209. The van der Waals surface area contributed by atoms with Crippen LogP contribution < -0.4 is 9.62 Å². The van der Waals surface area contributed by atoms with Gasteiger partial charge in [0.15, 0.2) is 0 Å². The van der Waals surface area contributed by atoms with Crippen LogP contribution in [0.3, 0.4) is 0 Å². The summed E-state index contributed by atoms with van der Waals surface area (Å²) in [5, 5.41) is 4.44. The number of amides is 1. The second kappa shape index (κ2) is 7.39. The average Bonchev–Trinajstić information content (AvgIpc) is 3.34. The van der Waals surface area contributed by atoms with E-state index in [9.17, 15) is 13.2 Å². The second-order valence-corrected chi connectivity index (χ2v) is 10.4. The molecule has 0 aliphatic heterocycles. The van der Waals surface area contributed by atoms with Gasteiger partial charge >= 0.3 is 0 Å². The van der Waals surface area contributed by atoms with E-state index in [1.807, 2.05) is 30.3 Å². The normalized spacial score (nSPS) is 14.2. The van der Waals surface area contributed by atoms with Crippen molar-refractivity contribution in [2.45, 2.75) is 25.4 Å². The van der Waals surface area contributed by atoms with Gasteiger partial charge in [-0.05, 0) is 60.2 Å². The monoisotopic (exact) mass is 434 g/mol. The Morgan fingerprint density at radius 1 is 1.18 bits per heavy atom. The molecule has 1 aliphatic carbocycles. The third-order valence-corrected chi connectivity index (χ3v) is 7.07. The lowest BCUT2D eigenvalue weighted by Crippen LogP contribution is -2.29. The highest BCUT2D eigenvalue weighted by Crippen LogP contribution is 2.32. The number of rotatable bonds is 6. The molecule has 0 atom stereocenters. The molecule has 0 bridgehead atoms. The Balaban J connectivity index is 1.65. The van der Waals surface area contributed by atoms with E-state index in [0.717, 1.165) is 28.5 Å². The minimum absolute atomic E-state index is 0.0635. The van der Waals surface area contributed by atoms with Crippen LogP contribution in [0.2, 0.25) is 5.02 Å². The van der Waals surface area contributed by atoms with E-state index in [-0.39, 0.29) is 12.5 Å². The van der Waals surface area contributed by atoms with Gasteiger partial charge in [0.2, 0.25) is 10.0 Å². The Hall–Kier alpha value is -2.09. The summed E-state index contributed by atoms with van der Waals surface area (Å²) in [5.74, 6) is -0.0635. The van der Waals surface area contributed by atoms with E-state index < -0.39 is 10.0 Å². The second-order valence-electron chi connectivity index (χ2n) is 6.98. The minimum atomic E-state index is -3.49. The summed E-state index contributed by atoms with van der Waals surface area (Å²) in [6, 6.07) is 14.7. The fourth-order valence-electron chi connectivity index (χ4n) is 2.94. The first-order valence-electron chi connectivity index (χ1n) is 8.86. The lowest BCUT2D eigenvalue weighted by atomic mass is 10.2. The highest BCUT2D eigenvalue weighted by molar-refractivity contribution is 7.92. The van der Waals surface area contributed by atoms with Crippen molar-refractivity contribution in [3.05, 3.63) is 64.0 Å². The topological polar surface area (TPSA) is 66.5 Å². The van der Waals surface area contributed by atoms with E-state index in [4.69, 9.17) is 11.6 Å². The van der Waals surface area contributed by atoms with Crippen LogP contribution in [0.25, 0.3) is 10.1 Å². The molecule has 3 aromatic rings. The van der Waals surface area contributed by atoms with Crippen molar-refractivity contribution >= 4 is 54.6 Å². The number of benzene rings is 2. The lowest BCUT2D eigenvalue weighted by Gasteiger charge is -2.22. The molecule has 0 saturated heterocycles. The molecule has 5 nitrogen and oxygen atoms in total. The number of anilines is 1. The molecule has 1 N–H and O–H groups in total. The molecule has 1 saturated carbocycles. The smallest absolute Gasteiger partial charge is 0.261 e. The zero-order chi connectivity index (χ0) is 19.9. The third-order valence-electron chi connectivity index (χ3n) is 4.56. The van der Waals surface area contributed by atoms with Crippen molar-refractivity contribution in [2.24, 2.45) is 0 Å². The van der Waals surface area contributed by atoms with Crippen LogP contribution in [0.4, 0.5) is 5.69 Å². The summed E-state index contributed by atoms with van der Waals surface area (Å²) in [4.78, 5) is 12.9. The Morgan fingerprint density at radius 3 is 2.54 bits per heavy atom. The summed E-state index contributed by atoms with van der Waals surface area (Å²) in [7, 11) is -3.49. The maximum atomic E-state index is 12.4. The van der Waals surface area contributed by atoms with Crippen LogP contribution in [0.5, 0.6) is 0 Å². The Labute approximate surface area is 173 Å². The highest BCUT2D eigenvalue weighted by atomic mass is 35.5. The Kier molecular flexibility index (Phi) is 5.07. The number of hydrogen-bond acceptors (Lipinski definition) is 4. The van der Waals surface area contributed by atoms with Gasteiger partial charge in [0.25, 0.3) is 5.91 Å². The van der Waals surface area contributed by atoms with E-state index in [0.29, 0.717) is 21.6 Å². The molecule has 8 heteroatoms. The predicted molar refractivity (Wildman–Crippen MR) is 115 cm³/mol. The zero-order valence-electron chi connectivity index (χ0n) is 15.2. The van der Waals surface area contributed by atoms with Crippen molar-refractivity contribution in [1.82, 2.24) is 5.32 Å². The molecule has 0 radical (unpaired) electrons. The molecule has 1 amide bonds. The standard InChI is InChI=1S/C20H19ClN2O3S2/c1-28(25,26)23(12-13-2-4-15(21)5-3-13)17-8-9-18-14(10-17)11-19(27-18)20(24)22-16-6-7-16/h2-5,8-11,16H,6-7,12H2,1H3,(H,22,24). The van der Waals surface area contributed by atoms with Crippen LogP contribution in [-0.4, -0.2) is 26.6 Å². The zero-order valence-corrected chi connectivity index (χ0v) is 17.6. The summed E-state index contributed by atoms with van der Waals surface area (Å²) < 4.78 is 27.1. The molecule has 1 aromatic heterocycles. The van der Waals surface area contributed by atoms with Crippen molar-refractivity contribution in [2.75, 3.05) is 10.6 Å². The summed E-state index contributed by atoms with van der Waals surface area (Å²) >= 11 is 7.33. The van der Waals surface area contributed by atoms with Gasteiger partial charge in [-0.25, -0.2) is 8.42 Å². The molecule has 146 valence electrons. The van der Waals surface area contributed by atoms with Crippen molar-refractivity contribution < 1.29 is 13.2 Å². The predicted octanol–water partition coefficient (Wildman–Crippen LogP) is 4.41. The van der Waals surface area contributed by atoms with Gasteiger partial charge in [-0.3, -0.25) is 9.10 Å². The number of halogens is 1. The minimum Gasteiger partial charge on any atom is -0.349 e. The number of carbonyl (C=O) groups is 1. The largest absolute Gasteiger partial charge is 0.349 e. The molecular formula is C20H19ClN2O3S2. The third kappa shape index (κ3) is 4.32. The number of hydrogen-bond donors (Lipinski definition) is 1. The van der Waals surface area contributed by atoms with Crippen LogP contribution in [0.1, 0.15) is 28.1 Å². The SMILES string of the molecule is CS(=O)(=O)N(Cc1ccc(Cl)cc1)c1ccc2sc(C(=O)NC3CC3)cc2c1. The maximum absolute atomic E-state index is 12.4. The fraction of sp³-hybridized carbons (Fsp3) is 0.250. The van der Waals surface area contributed by atoms with Crippen molar-refractivity contribution in [3.63, 3.8) is 0 Å². The fourth-order valence-corrected chi connectivity index (χ4v) is 4.89. The number of carbonyl (C=O) groups excluding carboxylic acids is 1. The molecule has 1 heterocycles. The van der Waals surface area contributed by atoms with Gasteiger partial charge in [0.1, 0.15) is 0 Å². The quantitative estimate of drug-likeness (QED) is 0.624. The first kappa shape index (κ1) is 19.2. The molecule has 28 heavy (non-hydrogen) atoms. The first-order valence-corrected chi connectivity index (χ1v) is 11.9. The summed E-state index contributed by atoms with van der Waals surface area (Å²) in [5.41, 5.74) is 1.40. The Morgan fingerprint density at radius 2 is 1.89 bits per heavy atom. The van der Waals surface area contributed by atoms with Gasteiger partial charge in [-0.1, -0.05) is 23.7 Å². The van der Waals surface area contributed by atoms with E-state index in [1.54, 1.807) is 18.2 Å². The molecule has 4 rings (SSSR count). The number of fused-ring (bicyclic) bond motifs is 1.